The van der Waals surface area contributed by atoms with Gasteiger partial charge in [-0.05, 0) is 24.3 Å². The first kappa shape index (κ1) is 11.6. The van der Waals surface area contributed by atoms with Crippen LogP contribution in [0.5, 0.6) is 5.75 Å². The number of nitrogens with zero attached hydrogens (tertiary/aromatic N) is 1. The van der Waals surface area contributed by atoms with Crippen LogP contribution in [0.1, 0.15) is 0 Å². The van der Waals surface area contributed by atoms with Gasteiger partial charge in [0, 0.05) is 7.05 Å². The molecule has 0 aliphatic carbocycles. The van der Waals surface area contributed by atoms with Gasteiger partial charge in [-0.15, -0.1) is 6.42 Å². The zero-order valence-electron chi connectivity index (χ0n) is 8.21. The van der Waals surface area contributed by atoms with Crippen LogP contribution in [0.2, 0.25) is 0 Å². The Kier molecular flexibility index (Phi) is 3.35. The Bertz CT molecular complexity index is 470. The summed E-state index contributed by atoms with van der Waals surface area (Å²) in [7, 11) is -2.13. The van der Waals surface area contributed by atoms with Gasteiger partial charge in [0.25, 0.3) is 0 Å². The molecule has 4 nitrogen and oxygen atoms in total. The first-order chi connectivity index (χ1) is 6.98. The monoisotopic (exact) mass is 225 g/mol. The number of hydrogen-bond donors (Lipinski definition) is 1. The third-order valence-corrected chi connectivity index (χ3v) is 3.68. The lowest BCUT2D eigenvalue weighted by Gasteiger charge is -2.13. The van der Waals surface area contributed by atoms with Gasteiger partial charge in [0.1, 0.15) is 5.75 Å². The van der Waals surface area contributed by atoms with Gasteiger partial charge in [-0.2, -0.15) is 4.31 Å². The summed E-state index contributed by atoms with van der Waals surface area (Å²) in [4.78, 5) is 0.109. The minimum atomic E-state index is -3.54. The highest BCUT2D eigenvalue weighted by molar-refractivity contribution is 7.89. The van der Waals surface area contributed by atoms with Crippen molar-refractivity contribution in [3.63, 3.8) is 0 Å². The minimum absolute atomic E-state index is 0.0171. The highest BCUT2D eigenvalue weighted by atomic mass is 32.2. The van der Waals surface area contributed by atoms with Crippen molar-refractivity contribution in [3.8, 4) is 18.1 Å². The number of terminal acetylenes is 1. The summed E-state index contributed by atoms with van der Waals surface area (Å²) in [6.07, 6.45) is 5.03. The Hall–Kier alpha value is -1.51. The Labute approximate surface area is 89.2 Å². The number of phenols is 1. The van der Waals surface area contributed by atoms with Gasteiger partial charge in [-0.25, -0.2) is 8.42 Å². The van der Waals surface area contributed by atoms with Crippen molar-refractivity contribution in [2.75, 3.05) is 13.6 Å². The standard InChI is InChI=1S/C10H11NO3S/c1-3-8-11(2)15(13,14)10-6-4-9(12)5-7-10/h1,4-7,12H,8H2,2H3. The van der Waals surface area contributed by atoms with Gasteiger partial charge >= 0.3 is 0 Å². The number of sulfonamides is 1. The maximum absolute atomic E-state index is 11.8. The van der Waals surface area contributed by atoms with Crippen LogP contribution in [0.25, 0.3) is 0 Å². The topological polar surface area (TPSA) is 57.6 Å². The summed E-state index contributed by atoms with van der Waals surface area (Å²) in [6, 6.07) is 5.29. The molecule has 80 valence electrons. The van der Waals surface area contributed by atoms with E-state index in [2.05, 4.69) is 5.92 Å². The Morgan fingerprint density at radius 2 is 1.93 bits per heavy atom. The first-order valence-corrected chi connectivity index (χ1v) is 5.61. The molecule has 0 aliphatic rings. The number of aromatic hydroxyl groups is 1. The van der Waals surface area contributed by atoms with Crippen LogP contribution in [0.4, 0.5) is 0 Å². The van der Waals surface area contributed by atoms with Crippen LogP contribution in [0.3, 0.4) is 0 Å². The van der Waals surface area contributed by atoms with Gasteiger partial charge in [0.05, 0.1) is 11.4 Å². The molecule has 15 heavy (non-hydrogen) atoms. The van der Waals surface area contributed by atoms with E-state index in [9.17, 15) is 8.42 Å². The molecule has 0 saturated carbocycles. The first-order valence-electron chi connectivity index (χ1n) is 4.17. The van der Waals surface area contributed by atoms with E-state index in [4.69, 9.17) is 11.5 Å². The molecule has 0 spiro atoms. The minimum Gasteiger partial charge on any atom is -0.508 e. The number of phenolic OH excluding ortho intramolecular Hbond substituents is 1. The molecule has 0 atom stereocenters. The predicted octanol–water partition coefficient (Wildman–Crippen LogP) is 0.646. The molecule has 0 unspecified atom stereocenters. The number of benzene rings is 1. The lowest BCUT2D eigenvalue weighted by atomic mass is 10.3. The van der Waals surface area contributed by atoms with Crippen LogP contribution in [0, 0.1) is 12.3 Å². The molecule has 1 N–H and O–H groups in total. The maximum Gasteiger partial charge on any atom is 0.243 e. The third-order valence-electron chi connectivity index (χ3n) is 1.86. The number of rotatable bonds is 3. The average Bonchev–Trinajstić information content (AvgIpc) is 2.18. The normalized spacial score (nSPS) is 11.3. The van der Waals surface area contributed by atoms with Gasteiger partial charge in [0.15, 0.2) is 0 Å². The smallest absolute Gasteiger partial charge is 0.243 e. The molecule has 5 heteroatoms. The zero-order chi connectivity index (χ0) is 11.5. The fourth-order valence-electron chi connectivity index (χ4n) is 1.01. The summed E-state index contributed by atoms with van der Waals surface area (Å²) in [5, 5.41) is 9.02. The third kappa shape index (κ3) is 2.49. The van der Waals surface area contributed by atoms with Gasteiger partial charge in [-0.3, -0.25) is 0 Å². The maximum atomic E-state index is 11.8. The average molecular weight is 225 g/mol. The molecule has 0 aromatic heterocycles. The van der Waals surface area contributed by atoms with Crippen LogP contribution in [-0.2, 0) is 10.0 Å². The largest absolute Gasteiger partial charge is 0.508 e. The highest BCUT2D eigenvalue weighted by Crippen LogP contribution is 2.17. The SMILES string of the molecule is C#CCN(C)S(=O)(=O)c1ccc(O)cc1. The highest BCUT2D eigenvalue weighted by Gasteiger charge is 2.19. The van der Waals surface area contributed by atoms with Crippen LogP contribution < -0.4 is 0 Å². The van der Waals surface area contributed by atoms with E-state index in [0.717, 1.165) is 4.31 Å². The molecule has 0 fully saturated rings. The lowest BCUT2D eigenvalue weighted by Crippen LogP contribution is -2.27. The van der Waals surface area contributed by atoms with Gasteiger partial charge < -0.3 is 5.11 Å². The Morgan fingerprint density at radius 1 is 1.40 bits per heavy atom. The van der Waals surface area contributed by atoms with Crippen LogP contribution >= 0.6 is 0 Å². The molecule has 0 saturated heterocycles. The van der Waals surface area contributed by atoms with E-state index >= 15 is 0 Å². The fourth-order valence-corrected chi connectivity index (χ4v) is 2.10. The van der Waals surface area contributed by atoms with Crippen LogP contribution in [0.15, 0.2) is 29.2 Å². The second-order valence-corrected chi connectivity index (χ2v) is 5.00. The van der Waals surface area contributed by atoms with Crippen LogP contribution in [-0.4, -0.2) is 31.4 Å². The fraction of sp³-hybridized carbons (Fsp3) is 0.200. The summed E-state index contributed by atoms with van der Waals surface area (Å²) in [6.45, 7) is 0.0171. The Balaban J connectivity index is 3.07. The summed E-state index contributed by atoms with van der Waals surface area (Å²) >= 11 is 0. The molecular formula is C10H11NO3S. The lowest BCUT2D eigenvalue weighted by molar-refractivity contribution is 0.474. The second-order valence-electron chi connectivity index (χ2n) is 2.96. The van der Waals surface area contributed by atoms with Gasteiger partial charge in [0.2, 0.25) is 10.0 Å². The molecule has 1 aromatic rings. The summed E-state index contributed by atoms with van der Waals surface area (Å²) in [5.74, 6) is 2.27. The molecule has 0 radical (unpaired) electrons. The predicted molar refractivity (Wildman–Crippen MR) is 56.8 cm³/mol. The van der Waals surface area contributed by atoms with E-state index in [1.165, 1.54) is 31.3 Å². The zero-order valence-corrected chi connectivity index (χ0v) is 9.03. The van der Waals surface area contributed by atoms with E-state index in [1.54, 1.807) is 0 Å². The second kappa shape index (κ2) is 4.34. The molecule has 0 amide bonds. The molecule has 1 rings (SSSR count). The molecule has 0 aliphatic heterocycles. The van der Waals surface area contributed by atoms with E-state index in [1.807, 2.05) is 0 Å². The van der Waals surface area contributed by atoms with Crippen molar-refractivity contribution >= 4 is 10.0 Å². The quantitative estimate of drug-likeness (QED) is 0.768. The van der Waals surface area contributed by atoms with Crippen molar-refractivity contribution in [2.45, 2.75) is 4.90 Å². The van der Waals surface area contributed by atoms with Crippen molar-refractivity contribution in [3.05, 3.63) is 24.3 Å². The molecule has 0 heterocycles. The number of hydrogen-bond acceptors (Lipinski definition) is 3. The van der Waals surface area contributed by atoms with E-state index < -0.39 is 10.0 Å². The summed E-state index contributed by atoms with van der Waals surface area (Å²) < 4.78 is 24.6. The van der Waals surface area contributed by atoms with Crippen molar-refractivity contribution in [1.82, 2.24) is 4.31 Å². The van der Waals surface area contributed by atoms with E-state index in [0.29, 0.717) is 0 Å². The van der Waals surface area contributed by atoms with Crippen molar-refractivity contribution < 1.29 is 13.5 Å². The van der Waals surface area contributed by atoms with E-state index in [-0.39, 0.29) is 17.2 Å². The van der Waals surface area contributed by atoms with Crippen molar-refractivity contribution in [2.24, 2.45) is 0 Å². The summed E-state index contributed by atoms with van der Waals surface area (Å²) in [5.41, 5.74) is 0. The molecular weight excluding hydrogens is 214 g/mol. The van der Waals surface area contributed by atoms with Crippen molar-refractivity contribution in [1.29, 1.82) is 0 Å². The molecule has 0 bridgehead atoms. The molecule has 1 aromatic carbocycles. The Morgan fingerprint density at radius 3 is 2.40 bits per heavy atom. The van der Waals surface area contributed by atoms with Gasteiger partial charge in [-0.1, -0.05) is 5.92 Å².